The number of para-hydroxylation sites is 1. The summed E-state index contributed by atoms with van der Waals surface area (Å²) in [6.07, 6.45) is 0. The highest BCUT2D eigenvalue weighted by atomic mass is 32.2. The molecular weight excluding hydrogens is 410 g/mol. The number of rotatable bonds is 4. The number of aromatic nitrogens is 4. The van der Waals surface area contributed by atoms with E-state index < -0.39 is 4.92 Å². The van der Waals surface area contributed by atoms with Crippen molar-refractivity contribution in [2.24, 2.45) is 7.05 Å². The lowest BCUT2D eigenvalue weighted by Gasteiger charge is -2.20. The fourth-order valence-electron chi connectivity index (χ4n) is 3.54. The van der Waals surface area contributed by atoms with E-state index in [2.05, 4.69) is 10.2 Å². The van der Waals surface area contributed by atoms with Crippen LogP contribution in [0.1, 0.15) is 11.1 Å². The molecule has 0 amide bonds. The van der Waals surface area contributed by atoms with E-state index in [0.29, 0.717) is 44.5 Å². The van der Waals surface area contributed by atoms with Crippen LogP contribution in [0.2, 0.25) is 0 Å². The molecule has 30 heavy (non-hydrogen) atoms. The van der Waals surface area contributed by atoms with E-state index in [-0.39, 0.29) is 24.6 Å². The number of ether oxygens (including phenoxy) is 2. The zero-order valence-electron chi connectivity index (χ0n) is 15.8. The summed E-state index contributed by atoms with van der Waals surface area (Å²) in [7, 11) is 1.65. The smallest absolute Gasteiger partial charge is 0.270 e. The van der Waals surface area contributed by atoms with E-state index >= 15 is 0 Å². The molecule has 0 saturated heterocycles. The van der Waals surface area contributed by atoms with Gasteiger partial charge >= 0.3 is 0 Å². The number of hydrogen-bond donors (Lipinski definition) is 0. The van der Waals surface area contributed by atoms with Crippen molar-refractivity contribution in [3.05, 3.63) is 68.0 Å². The van der Waals surface area contributed by atoms with Crippen LogP contribution in [0, 0.1) is 10.1 Å². The molecule has 0 saturated carbocycles. The Morgan fingerprint density at radius 2 is 2.10 bits per heavy atom. The van der Waals surface area contributed by atoms with E-state index in [1.165, 1.54) is 28.5 Å². The Labute approximate surface area is 173 Å². The maximum atomic E-state index is 12.6. The Bertz CT molecular complexity index is 1380. The molecule has 5 rings (SSSR count). The van der Waals surface area contributed by atoms with Crippen LogP contribution in [0.25, 0.3) is 16.7 Å². The molecule has 0 N–H and O–H groups in total. The molecule has 0 aliphatic carbocycles. The molecule has 0 bridgehead atoms. The van der Waals surface area contributed by atoms with E-state index in [4.69, 9.17) is 9.47 Å². The van der Waals surface area contributed by atoms with Crippen molar-refractivity contribution in [1.82, 2.24) is 19.2 Å². The normalized spacial score (nSPS) is 13.4. The van der Waals surface area contributed by atoms with Crippen LogP contribution < -0.4 is 10.3 Å². The summed E-state index contributed by atoms with van der Waals surface area (Å²) in [6, 6.07) is 10.2. The fourth-order valence-corrected chi connectivity index (χ4v) is 4.45. The summed E-state index contributed by atoms with van der Waals surface area (Å²) < 4.78 is 14.1. The Balaban J connectivity index is 1.59. The van der Waals surface area contributed by atoms with E-state index in [0.717, 1.165) is 0 Å². The second kappa shape index (κ2) is 7.11. The minimum atomic E-state index is -0.432. The first kappa shape index (κ1) is 18.6. The Morgan fingerprint density at radius 3 is 2.93 bits per heavy atom. The number of nitro benzene ring substituents is 1. The molecule has 2 aromatic heterocycles. The number of non-ortho nitro benzene ring substituents is 1. The van der Waals surface area contributed by atoms with E-state index in [1.54, 1.807) is 13.1 Å². The van der Waals surface area contributed by atoms with Crippen LogP contribution >= 0.6 is 11.8 Å². The van der Waals surface area contributed by atoms with Crippen LogP contribution in [0.4, 0.5) is 5.69 Å². The standard InChI is InChI=1S/C19H15N5O5S/c1-22-17(25)14-4-2-3-5-15(14)23-18(22)20-21-19(23)30-9-12-7-13(24(26)27)6-11-8-28-10-29-16(11)12/h2-7H,8-10H2,1H3. The Hall–Kier alpha value is -3.44. The van der Waals surface area contributed by atoms with Crippen molar-refractivity contribution in [3.8, 4) is 5.75 Å². The number of benzene rings is 2. The van der Waals surface area contributed by atoms with Gasteiger partial charge in [-0.3, -0.25) is 23.9 Å². The number of fused-ring (bicyclic) bond motifs is 4. The molecular formula is C19H15N5O5S. The van der Waals surface area contributed by atoms with Crippen molar-refractivity contribution >= 4 is 34.1 Å². The second-order valence-corrected chi connectivity index (χ2v) is 7.69. The predicted molar refractivity (Wildman–Crippen MR) is 109 cm³/mol. The monoisotopic (exact) mass is 425 g/mol. The van der Waals surface area contributed by atoms with Crippen LogP contribution in [0.5, 0.6) is 5.75 Å². The summed E-state index contributed by atoms with van der Waals surface area (Å²) in [6.45, 7) is 0.360. The third-order valence-electron chi connectivity index (χ3n) is 4.94. The summed E-state index contributed by atoms with van der Waals surface area (Å²) in [5.74, 6) is 1.40. The van der Waals surface area contributed by atoms with Gasteiger partial charge in [-0.1, -0.05) is 23.9 Å². The van der Waals surface area contributed by atoms with Crippen LogP contribution in [0.3, 0.4) is 0 Å². The van der Waals surface area contributed by atoms with Crippen molar-refractivity contribution < 1.29 is 14.4 Å². The predicted octanol–water partition coefficient (Wildman–Crippen LogP) is 2.65. The van der Waals surface area contributed by atoms with Gasteiger partial charge in [-0.2, -0.15) is 0 Å². The third kappa shape index (κ3) is 2.90. The second-order valence-electron chi connectivity index (χ2n) is 6.75. The summed E-state index contributed by atoms with van der Waals surface area (Å²) in [4.78, 5) is 23.5. The van der Waals surface area contributed by atoms with E-state index in [9.17, 15) is 14.9 Å². The number of thioether (sulfide) groups is 1. The molecule has 4 aromatic rings. The molecule has 0 fully saturated rings. The Kier molecular flexibility index (Phi) is 4.40. The van der Waals surface area contributed by atoms with Gasteiger partial charge < -0.3 is 9.47 Å². The number of hydrogen-bond acceptors (Lipinski definition) is 8. The lowest BCUT2D eigenvalue weighted by Crippen LogP contribution is -2.20. The highest BCUT2D eigenvalue weighted by Crippen LogP contribution is 2.36. The molecule has 1 aliphatic rings. The van der Waals surface area contributed by atoms with Gasteiger partial charge in [-0.15, -0.1) is 10.2 Å². The average molecular weight is 425 g/mol. The van der Waals surface area contributed by atoms with Crippen molar-refractivity contribution in [2.75, 3.05) is 6.79 Å². The number of nitro groups is 1. The highest BCUT2D eigenvalue weighted by Gasteiger charge is 2.22. The van der Waals surface area contributed by atoms with Crippen molar-refractivity contribution in [3.63, 3.8) is 0 Å². The average Bonchev–Trinajstić information content (AvgIpc) is 3.20. The zero-order valence-corrected chi connectivity index (χ0v) is 16.6. The molecule has 0 spiro atoms. The molecule has 2 aromatic carbocycles. The van der Waals surface area contributed by atoms with Crippen LogP contribution in [-0.2, 0) is 24.1 Å². The summed E-state index contributed by atoms with van der Waals surface area (Å²) in [5, 5.41) is 20.9. The fraction of sp³-hybridized carbons (Fsp3) is 0.211. The van der Waals surface area contributed by atoms with Crippen molar-refractivity contribution in [2.45, 2.75) is 17.5 Å². The van der Waals surface area contributed by atoms with Gasteiger partial charge in [0, 0.05) is 36.1 Å². The lowest BCUT2D eigenvalue weighted by molar-refractivity contribution is -0.385. The molecule has 0 atom stereocenters. The molecule has 10 nitrogen and oxygen atoms in total. The van der Waals surface area contributed by atoms with E-state index in [1.807, 2.05) is 22.6 Å². The van der Waals surface area contributed by atoms with Gasteiger partial charge in [-0.25, -0.2) is 0 Å². The number of aryl methyl sites for hydroxylation is 1. The first-order chi connectivity index (χ1) is 14.5. The maximum Gasteiger partial charge on any atom is 0.270 e. The third-order valence-corrected chi connectivity index (χ3v) is 5.91. The van der Waals surface area contributed by atoms with Crippen molar-refractivity contribution in [1.29, 1.82) is 0 Å². The maximum absolute atomic E-state index is 12.6. The SMILES string of the molecule is Cn1c(=O)c2ccccc2n2c(SCc3cc([N+](=O)[O-])cc4c3OCOC4)nnc12. The lowest BCUT2D eigenvalue weighted by atomic mass is 10.1. The first-order valence-electron chi connectivity index (χ1n) is 9.01. The Morgan fingerprint density at radius 1 is 1.27 bits per heavy atom. The molecule has 1 aliphatic heterocycles. The van der Waals surface area contributed by atoms with Gasteiger partial charge in [0.2, 0.25) is 5.78 Å². The van der Waals surface area contributed by atoms with Gasteiger partial charge in [0.25, 0.3) is 11.2 Å². The first-order valence-corrected chi connectivity index (χ1v) is 9.99. The molecule has 11 heteroatoms. The van der Waals surface area contributed by atoms with Gasteiger partial charge in [-0.05, 0) is 12.1 Å². The highest BCUT2D eigenvalue weighted by molar-refractivity contribution is 7.98. The minimum Gasteiger partial charge on any atom is -0.467 e. The van der Waals surface area contributed by atoms with Gasteiger partial charge in [0.05, 0.1) is 22.4 Å². The summed E-state index contributed by atoms with van der Waals surface area (Å²) in [5.41, 5.74) is 1.86. The topological polar surface area (TPSA) is 114 Å². The summed E-state index contributed by atoms with van der Waals surface area (Å²) >= 11 is 1.36. The van der Waals surface area contributed by atoms with Gasteiger partial charge in [0.1, 0.15) is 5.75 Å². The zero-order chi connectivity index (χ0) is 20.8. The quantitative estimate of drug-likeness (QED) is 0.279. The minimum absolute atomic E-state index is 0.0163. The van der Waals surface area contributed by atoms with Crippen LogP contribution in [0.15, 0.2) is 46.3 Å². The van der Waals surface area contributed by atoms with Crippen LogP contribution in [-0.4, -0.2) is 30.9 Å². The van der Waals surface area contributed by atoms with Gasteiger partial charge in [0.15, 0.2) is 11.9 Å². The molecule has 3 heterocycles. The molecule has 152 valence electrons. The number of nitrogens with zero attached hydrogens (tertiary/aromatic N) is 5. The molecule has 0 unspecified atom stereocenters. The molecule has 0 radical (unpaired) electrons. The largest absolute Gasteiger partial charge is 0.467 e.